The molecule has 0 spiro atoms. The quantitative estimate of drug-likeness (QED) is 0.296. The van der Waals surface area contributed by atoms with Gasteiger partial charge in [0.25, 0.3) is 0 Å². The van der Waals surface area contributed by atoms with Gasteiger partial charge >= 0.3 is 21.7 Å². The zero-order valence-electron chi connectivity index (χ0n) is 10.7. The van der Waals surface area contributed by atoms with Gasteiger partial charge in [0.15, 0.2) is 0 Å². The van der Waals surface area contributed by atoms with Crippen LogP contribution >= 0.6 is 35.8 Å². The predicted molar refractivity (Wildman–Crippen MR) is 83.3 cm³/mol. The molecule has 0 fully saturated rings. The topological polar surface area (TPSA) is 0 Å². The fraction of sp³-hybridized carbons (Fsp3) is 0. The summed E-state index contributed by atoms with van der Waals surface area (Å²) in [5, 5.41) is 3.84. The summed E-state index contributed by atoms with van der Waals surface area (Å²) in [5.74, 6) is 0. The summed E-state index contributed by atoms with van der Waals surface area (Å²) >= 11 is 15.4. The van der Waals surface area contributed by atoms with Gasteiger partial charge < -0.3 is 24.8 Å². The van der Waals surface area contributed by atoms with E-state index in [9.17, 15) is 0 Å². The molecule has 3 rings (SSSR count). The number of benzene rings is 2. The van der Waals surface area contributed by atoms with Crippen molar-refractivity contribution in [1.29, 1.82) is 0 Å². The molecule has 6 heteroatoms. The number of hydrogen-bond donors (Lipinski definition) is 1. The van der Waals surface area contributed by atoms with Crippen LogP contribution in [0, 0.1) is 0 Å². The van der Waals surface area contributed by atoms with E-state index in [0.29, 0.717) is 14.9 Å². The maximum atomic E-state index is 5.65. The molecule has 0 heterocycles. The summed E-state index contributed by atoms with van der Waals surface area (Å²) in [6.45, 7) is 0. The van der Waals surface area contributed by atoms with Gasteiger partial charge in [0.05, 0.1) is 10.0 Å². The molecule has 21 heavy (non-hydrogen) atoms. The Morgan fingerprint density at radius 1 is 0.810 bits per heavy atom. The molecule has 0 saturated heterocycles. The number of fused-ring (bicyclic) bond motifs is 1. The zero-order valence-corrected chi connectivity index (χ0v) is 16.2. The minimum absolute atomic E-state index is 0. The van der Waals surface area contributed by atoms with Gasteiger partial charge in [-0.2, -0.15) is 17.5 Å². The van der Waals surface area contributed by atoms with Crippen LogP contribution in [-0.2, 0) is 21.7 Å². The van der Waals surface area contributed by atoms with Crippen molar-refractivity contribution in [3.05, 3.63) is 70.7 Å². The van der Waals surface area contributed by atoms with Crippen molar-refractivity contribution in [1.82, 2.24) is 0 Å². The number of halogens is 4. The molecular formula is C15H11Cl4STi. The van der Waals surface area contributed by atoms with Gasteiger partial charge in [0.1, 0.15) is 0 Å². The molecule has 3 aromatic carbocycles. The smallest absolute Gasteiger partial charge is 1.00 e. The van der Waals surface area contributed by atoms with Crippen molar-refractivity contribution in [3.63, 3.8) is 0 Å². The fourth-order valence-electron chi connectivity index (χ4n) is 1.56. The van der Waals surface area contributed by atoms with Gasteiger partial charge in [0, 0.05) is 4.90 Å². The standard InChI is InChI=1S/C9H7.C6H4Cl2S.2ClH.Ti/c1-2-5-9-7-3-6-8(9)4-1;7-4-2-1-3-5(8)6(4)9;;;/h1-7H;1-3,9H;2*1H;/q-1;;;;+3/p-2. The molecule has 0 aliphatic carbocycles. The van der Waals surface area contributed by atoms with Crippen LogP contribution in [0.2, 0.25) is 10.0 Å². The van der Waals surface area contributed by atoms with Gasteiger partial charge in [-0.25, -0.2) is 0 Å². The molecule has 0 unspecified atom stereocenters. The SMILES string of the molecule is Sc1c(Cl)cccc1Cl.[Cl-].[Cl-].[Ti+3].c1ccc2[cH-]ccc2c1. The normalized spacial score (nSPS) is 8.52. The van der Waals surface area contributed by atoms with E-state index in [-0.39, 0.29) is 46.5 Å². The fourth-order valence-corrected chi connectivity index (χ4v) is 2.11. The Morgan fingerprint density at radius 2 is 1.38 bits per heavy atom. The first-order valence-corrected chi connectivity index (χ1v) is 6.62. The minimum atomic E-state index is 0. The van der Waals surface area contributed by atoms with Gasteiger partial charge in [-0.3, -0.25) is 0 Å². The predicted octanol–water partition coefficient (Wildman–Crippen LogP) is -0.154. The minimum Gasteiger partial charge on any atom is -1.00 e. The molecular weight excluding hydrogens is 402 g/mol. The average molecular weight is 413 g/mol. The molecule has 0 N–H and O–H groups in total. The second-order valence-corrected chi connectivity index (χ2v) is 4.99. The Kier molecular flexibility index (Phi) is 13.2. The van der Waals surface area contributed by atoms with Crippen LogP contribution in [-0.4, -0.2) is 0 Å². The molecule has 1 radical (unpaired) electrons. The maximum absolute atomic E-state index is 5.65. The Hall–Kier alpha value is 0.274. The summed E-state index contributed by atoms with van der Waals surface area (Å²) in [4.78, 5) is 0.640. The van der Waals surface area contributed by atoms with Crippen molar-refractivity contribution in [2.24, 2.45) is 0 Å². The molecule has 0 saturated carbocycles. The molecule has 0 aromatic heterocycles. The van der Waals surface area contributed by atoms with E-state index in [1.807, 2.05) is 0 Å². The second kappa shape index (κ2) is 11.8. The maximum Gasteiger partial charge on any atom is 3.00 e. The Bertz CT molecular complexity index is 604. The van der Waals surface area contributed by atoms with Gasteiger partial charge in [-0.05, 0) is 12.1 Å². The zero-order chi connectivity index (χ0) is 13.0. The molecule has 3 aromatic rings. The van der Waals surface area contributed by atoms with E-state index < -0.39 is 0 Å². The first kappa shape index (κ1) is 23.5. The molecule has 0 bridgehead atoms. The van der Waals surface area contributed by atoms with E-state index in [2.05, 4.69) is 55.1 Å². The van der Waals surface area contributed by atoms with Crippen LogP contribution in [0.25, 0.3) is 10.8 Å². The molecule has 0 aliphatic rings. The van der Waals surface area contributed by atoms with Crippen LogP contribution < -0.4 is 24.8 Å². The van der Waals surface area contributed by atoms with Crippen LogP contribution in [0.5, 0.6) is 0 Å². The van der Waals surface area contributed by atoms with E-state index in [1.165, 1.54) is 10.8 Å². The van der Waals surface area contributed by atoms with E-state index >= 15 is 0 Å². The van der Waals surface area contributed by atoms with Crippen molar-refractivity contribution >= 4 is 46.6 Å². The first-order valence-electron chi connectivity index (χ1n) is 5.42. The third-order valence-electron chi connectivity index (χ3n) is 2.49. The molecule has 0 aliphatic heterocycles. The van der Waals surface area contributed by atoms with Gasteiger partial charge in [-0.15, -0.1) is 42.3 Å². The Labute approximate surface area is 167 Å². The number of rotatable bonds is 0. The summed E-state index contributed by atoms with van der Waals surface area (Å²) in [5.41, 5.74) is 0. The van der Waals surface area contributed by atoms with E-state index in [4.69, 9.17) is 23.2 Å². The van der Waals surface area contributed by atoms with Crippen molar-refractivity contribution in [2.45, 2.75) is 4.90 Å². The second-order valence-electron chi connectivity index (χ2n) is 3.72. The molecule has 0 atom stereocenters. The van der Waals surface area contributed by atoms with Crippen LogP contribution in [0.4, 0.5) is 0 Å². The summed E-state index contributed by atoms with van der Waals surface area (Å²) in [6.07, 6.45) is 0. The summed E-state index contributed by atoms with van der Waals surface area (Å²) in [7, 11) is 0. The van der Waals surface area contributed by atoms with Gasteiger partial charge in [0.2, 0.25) is 0 Å². The average Bonchev–Trinajstić information content (AvgIpc) is 2.85. The van der Waals surface area contributed by atoms with Crippen molar-refractivity contribution < 1.29 is 46.5 Å². The first-order chi connectivity index (χ1) is 8.68. The molecule has 0 amide bonds. The molecule has 109 valence electrons. The molecule has 0 nitrogen and oxygen atoms in total. The van der Waals surface area contributed by atoms with E-state index in [1.54, 1.807) is 18.2 Å². The van der Waals surface area contributed by atoms with Crippen molar-refractivity contribution in [3.8, 4) is 0 Å². The largest absolute Gasteiger partial charge is 3.00 e. The third-order valence-corrected chi connectivity index (χ3v) is 3.86. The van der Waals surface area contributed by atoms with Gasteiger partial charge in [-0.1, -0.05) is 35.3 Å². The number of hydrogen-bond acceptors (Lipinski definition) is 1. The number of thiol groups is 1. The third kappa shape index (κ3) is 6.92. The van der Waals surface area contributed by atoms with Crippen LogP contribution in [0.15, 0.2) is 65.6 Å². The Balaban J connectivity index is 0. The summed E-state index contributed by atoms with van der Waals surface area (Å²) < 4.78 is 0. The Morgan fingerprint density at radius 3 is 1.90 bits per heavy atom. The van der Waals surface area contributed by atoms with E-state index in [0.717, 1.165) is 0 Å². The monoisotopic (exact) mass is 411 g/mol. The van der Waals surface area contributed by atoms with Crippen LogP contribution in [0.3, 0.4) is 0 Å². The van der Waals surface area contributed by atoms with Crippen LogP contribution in [0.1, 0.15) is 0 Å². The van der Waals surface area contributed by atoms with Crippen molar-refractivity contribution in [2.75, 3.05) is 0 Å². The summed E-state index contributed by atoms with van der Waals surface area (Å²) in [6, 6.07) is 19.9.